The number of aromatic nitrogens is 1. The minimum atomic E-state index is -3.57. The van der Waals surface area contributed by atoms with Gasteiger partial charge in [0.05, 0.1) is 17.0 Å². The Kier molecular flexibility index (Phi) is 5.00. The molecule has 0 aliphatic carbocycles. The number of sulfonamides is 1. The SMILES string of the molecule is Cc1ncsc1CCS(=O)(=O)N1CCC[C@H](C)[C@@H]1C(=O)O. The third-order valence-corrected chi connectivity index (χ3v) is 6.77. The average molecular weight is 332 g/mol. The second-order valence-corrected chi connectivity index (χ2v) is 8.42. The van der Waals surface area contributed by atoms with Crippen molar-refractivity contribution in [3.05, 3.63) is 16.1 Å². The third kappa shape index (κ3) is 3.61. The summed E-state index contributed by atoms with van der Waals surface area (Å²) >= 11 is 1.43. The van der Waals surface area contributed by atoms with Crippen molar-refractivity contribution in [1.82, 2.24) is 9.29 Å². The Bertz CT molecular complexity index is 611. The highest BCUT2D eigenvalue weighted by molar-refractivity contribution is 7.89. The first kappa shape index (κ1) is 16.4. The molecule has 2 rings (SSSR count). The minimum Gasteiger partial charge on any atom is -0.480 e. The molecule has 1 aromatic rings. The number of nitrogens with zero attached hydrogens (tertiary/aromatic N) is 2. The second-order valence-electron chi connectivity index (χ2n) is 5.44. The quantitative estimate of drug-likeness (QED) is 0.883. The van der Waals surface area contributed by atoms with Crippen LogP contribution >= 0.6 is 11.3 Å². The van der Waals surface area contributed by atoms with Gasteiger partial charge in [-0.1, -0.05) is 6.92 Å². The van der Waals surface area contributed by atoms with Gasteiger partial charge in [0.1, 0.15) is 6.04 Å². The number of rotatable bonds is 5. The molecule has 0 aromatic carbocycles. The third-order valence-electron chi connectivity index (χ3n) is 3.93. The summed E-state index contributed by atoms with van der Waals surface area (Å²) < 4.78 is 26.2. The maximum atomic E-state index is 12.5. The van der Waals surface area contributed by atoms with E-state index in [1.54, 1.807) is 12.4 Å². The van der Waals surface area contributed by atoms with Crippen LogP contribution in [0.25, 0.3) is 0 Å². The topological polar surface area (TPSA) is 87.6 Å². The lowest BCUT2D eigenvalue weighted by Crippen LogP contribution is -2.52. The maximum Gasteiger partial charge on any atom is 0.322 e. The minimum absolute atomic E-state index is 0.0630. The second kappa shape index (κ2) is 6.41. The normalized spacial score (nSPS) is 24.1. The van der Waals surface area contributed by atoms with E-state index in [9.17, 15) is 18.3 Å². The van der Waals surface area contributed by atoms with Crippen LogP contribution < -0.4 is 0 Å². The number of thiazole rings is 1. The summed E-state index contributed by atoms with van der Waals surface area (Å²) in [6.07, 6.45) is 1.84. The summed E-state index contributed by atoms with van der Waals surface area (Å²) in [5, 5.41) is 9.32. The molecule has 0 amide bonds. The Balaban J connectivity index is 2.13. The fraction of sp³-hybridized carbons (Fsp3) is 0.692. The molecule has 0 radical (unpaired) electrons. The molecule has 1 aromatic heterocycles. The summed E-state index contributed by atoms with van der Waals surface area (Å²) in [4.78, 5) is 16.4. The van der Waals surface area contributed by atoms with Crippen LogP contribution in [0, 0.1) is 12.8 Å². The van der Waals surface area contributed by atoms with Crippen LogP contribution in [0.5, 0.6) is 0 Å². The first-order valence-electron chi connectivity index (χ1n) is 6.94. The van der Waals surface area contributed by atoms with Crippen LogP contribution in [0.2, 0.25) is 0 Å². The number of aliphatic carboxylic acids is 1. The molecule has 2 atom stereocenters. The molecule has 0 saturated carbocycles. The molecule has 1 fully saturated rings. The van der Waals surface area contributed by atoms with E-state index in [-0.39, 0.29) is 11.7 Å². The largest absolute Gasteiger partial charge is 0.480 e. The molecular formula is C13H20N2O4S2. The Morgan fingerprint density at radius 1 is 1.57 bits per heavy atom. The molecule has 0 spiro atoms. The molecule has 118 valence electrons. The van der Waals surface area contributed by atoms with Crippen molar-refractivity contribution in [2.75, 3.05) is 12.3 Å². The van der Waals surface area contributed by atoms with Crippen LogP contribution in [0.4, 0.5) is 0 Å². The van der Waals surface area contributed by atoms with Gasteiger partial charge in [0.2, 0.25) is 10.0 Å². The van der Waals surface area contributed by atoms with Crippen molar-refractivity contribution in [3.63, 3.8) is 0 Å². The van der Waals surface area contributed by atoms with E-state index in [2.05, 4.69) is 4.98 Å². The van der Waals surface area contributed by atoms with Gasteiger partial charge in [0.25, 0.3) is 0 Å². The number of carboxylic acid groups (broad SMARTS) is 1. The molecular weight excluding hydrogens is 312 g/mol. The average Bonchev–Trinajstić information content (AvgIpc) is 2.81. The van der Waals surface area contributed by atoms with Crippen molar-refractivity contribution in [2.45, 2.75) is 39.2 Å². The summed E-state index contributed by atoms with van der Waals surface area (Å²) in [5.41, 5.74) is 2.54. The summed E-state index contributed by atoms with van der Waals surface area (Å²) in [6, 6.07) is -0.939. The number of hydrogen-bond acceptors (Lipinski definition) is 5. The zero-order valence-electron chi connectivity index (χ0n) is 12.2. The highest BCUT2D eigenvalue weighted by atomic mass is 32.2. The lowest BCUT2D eigenvalue weighted by atomic mass is 9.93. The molecule has 1 aliphatic heterocycles. The Labute approximate surface area is 128 Å². The predicted octanol–water partition coefficient (Wildman–Crippen LogP) is 1.51. The predicted molar refractivity (Wildman–Crippen MR) is 80.9 cm³/mol. The lowest BCUT2D eigenvalue weighted by Gasteiger charge is -2.36. The van der Waals surface area contributed by atoms with E-state index < -0.39 is 22.0 Å². The Morgan fingerprint density at radius 3 is 2.86 bits per heavy atom. The molecule has 2 heterocycles. The van der Waals surface area contributed by atoms with Crippen molar-refractivity contribution < 1.29 is 18.3 Å². The first-order chi connectivity index (χ1) is 9.83. The van der Waals surface area contributed by atoms with Crippen LogP contribution in [-0.2, 0) is 21.2 Å². The highest BCUT2D eigenvalue weighted by Crippen LogP contribution is 2.27. The van der Waals surface area contributed by atoms with Gasteiger partial charge in [0.15, 0.2) is 0 Å². The molecule has 1 N–H and O–H groups in total. The summed E-state index contributed by atoms with van der Waals surface area (Å²) in [5.74, 6) is -1.28. The number of piperidine rings is 1. The van der Waals surface area contributed by atoms with E-state index >= 15 is 0 Å². The molecule has 8 heteroatoms. The van der Waals surface area contributed by atoms with Crippen molar-refractivity contribution in [1.29, 1.82) is 0 Å². The Morgan fingerprint density at radius 2 is 2.29 bits per heavy atom. The molecule has 21 heavy (non-hydrogen) atoms. The van der Waals surface area contributed by atoms with Crippen LogP contribution in [-0.4, -0.2) is 47.1 Å². The number of carboxylic acids is 1. The standard InChI is InChI=1S/C13H20N2O4S2/c1-9-4-3-6-15(12(9)13(16)17)21(18,19)7-5-11-10(2)14-8-20-11/h8-9,12H,3-7H2,1-2H3,(H,16,17)/t9-,12+/m0/s1. The van der Waals surface area contributed by atoms with Gasteiger partial charge in [-0.2, -0.15) is 4.31 Å². The van der Waals surface area contributed by atoms with Crippen molar-refractivity contribution >= 4 is 27.3 Å². The van der Waals surface area contributed by atoms with Gasteiger partial charge < -0.3 is 5.11 Å². The van der Waals surface area contributed by atoms with Crippen molar-refractivity contribution in [2.24, 2.45) is 5.92 Å². The molecule has 1 aliphatic rings. The van der Waals surface area contributed by atoms with Gasteiger partial charge in [-0.25, -0.2) is 13.4 Å². The Hall–Kier alpha value is -0.990. The van der Waals surface area contributed by atoms with E-state index in [1.807, 2.05) is 6.92 Å². The van der Waals surface area contributed by atoms with E-state index in [1.165, 1.54) is 15.6 Å². The molecule has 1 saturated heterocycles. The zero-order valence-corrected chi connectivity index (χ0v) is 13.8. The van der Waals surface area contributed by atoms with Gasteiger partial charge in [-0.3, -0.25) is 4.79 Å². The zero-order chi connectivity index (χ0) is 15.6. The first-order valence-corrected chi connectivity index (χ1v) is 9.43. The van der Waals surface area contributed by atoms with Gasteiger partial charge in [0, 0.05) is 11.4 Å². The summed E-state index contributed by atoms with van der Waals surface area (Å²) in [7, 11) is -3.57. The smallest absolute Gasteiger partial charge is 0.322 e. The molecule has 6 nitrogen and oxygen atoms in total. The van der Waals surface area contributed by atoms with Crippen molar-refractivity contribution in [3.8, 4) is 0 Å². The highest BCUT2D eigenvalue weighted by Gasteiger charge is 2.40. The lowest BCUT2D eigenvalue weighted by molar-refractivity contribution is -0.144. The van der Waals surface area contributed by atoms with Crippen LogP contribution in [0.3, 0.4) is 0 Å². The van der Waals surface area contributed by atoms with Gasteiger partial charge in [-0.15, -0.1) is 11.3 Å². The number of aryl methyl sites for hydroxylation is 2. The number of hydrogen-bond donors (Lipinski definition) is 1. The fourth-order valence-corrected chi connectivity index (χ4v) is 5.39. The molecule has 0 bridgehead atoms. The van der Waals surface area contributed by atoms with E-state index in [0.29, 0.717) is 19.4 Å². The van der Waals surface area contributed by atoms with E-state index in [4.69, 9.17) is 0 Å². The number of carbonyl (C=O) groups is 1. The maximum absolute atomic E-state index is 12.5. The van der Waals surface area contributed by atoms with Gasteiger partial charge in [-0.05, 0) is 32.1 Å². The van der Waals surface area contributed by atoms with E-state index in [0.717, 1.165) is 17.0 Å². The fourth-order valence-electron chi connectivity index (χ4n) is 2.73. The molecule has 0 unspecified atom stereocenters. The monoisotopic (exact) mass is 332 g/mol. The van der Waals surface area contributed by atoms with Crippen LogP contribution in [0.15, 0.2) is 5.51 Å². The van der Waals surface area contributed by atoms with Crippen LogP contribution in [0.1, 0.15) is 30.3 Å². The summed E-state index contributed by atoms with van der Waals surface area (Å²) in [6.45, 7) is 3.95. The van der Waals surface area contributed by atoms with Gasteiger partial charge >= 0.3 is 5.97 Å².